The molecule has 0 atom stereocenters. The van der Waals surface area contributed by atoms with Gasteiger partial charge in [-0.15, -0.1) is 13.2 Å². The van der Waals surface area contributed by atoms with E-state index in [4.69, 9.17) is 0 Å². The summed E-state index contributed by atoms with van der Waals surface area (Å²) in [7, 11) is 0. The molecule has 0 aliphatic carbocycles. The smallest absolute Gasteiger partial charge is 0.386 e. The van der Waals surface area contributed by atoms with Crippen molar-refractivity contribution in [3.8, 4) is 5.88 Å². The fourth-order valence-electron chi connectivity index (χ4n) is 0.493. The van der Waals surface area contributed by atoms with Crippen LogP contribution in [-0.4, -0.2) is 16.3 Å². The van der Waals surface area contributed by atoms with Crippen LogP contribution in [0.4, 0.5) is 13.2 Å². The standard InChI is InChI=1S/C5H2BrF3N2O/c6-3-1-10-2-4(11-3)12-5(7,8)9/h1-2H. The van der Waals surface area contributed by atoms with Gasteiger partial charge in [0.2, 0.25) is 5.88 Å². The lowest BCUT2D eigenvalue weighted by Gasteiger charge is -2.06. The molecule has 0 aliphatic heterocycles. The summed E-state index contributed by atoms with van der Waals surface area (Å²) >= 11 is 2.85. The summed E-state index contributed by atoms with van der Waals surface area (Å²) < 4.78 is 38.4. The van der Waals surface area contributed by atoms with Crippen LogP contribution in [0.1, 0.15) is 0 Å². The molecule has 1 rings (SSSR count). The summed E-state index contributed by atoms with van der Waals surface area (Å²) in [5, 5.41) is 0. The molecule has 0 aliphatic rings. The highest BCUT2D eigenvalue weighted by atomic mass is 79.9. The number of hydrogen-bond donors (Lipinski definition) is 0. The van der Waals surface area contributed by atoms with Crippen LogP contribution in [-0.2, 0) is 0 Å². The zero-order valence-electron chi connectivity index (χ0n) is 5.47. The average molecular weight is 243 g/mol. The van der Waals surface area contributed by atoms with Crippen molar-refractivity contribution in [1.82, 2.24) is 9.97 Å². The van der Waals surface area contributed by atoms with Crippen LogP contribution in [0.25, 0.3) is 0 Å². The van der Waals surface area contributed by atoms with Crippen molar-refractivity contribution in [2.45, 2.75) is 6.36 Å². The quantitative estimate of drug-likeness (QED) is 0.757. The number of rotatable bonds is 1. The molecule has 0 aromatic carbocycles. The molecule has 0 fully saturated rings. The Bertz CT molecular complexity index is 278. The molecule has 0 radical (unpaired) electrons. The van der Waals surface area contributed by atoms with Crippen molar-refractivity contribution in [2.24, 2.45) is 0 Å². The summed E-state index contributed by atoms with van der Waals surface area (Å²) in [6, 6.07) is 0. The molecular formula is C5H2BrF3N2O. The first-order chi connectivity index (χ1) is 5.47. The van der Waals surface area contributed by atoms with Gasteiger partial charge in [-0.3, -0.25) is 4.98 Å². The highest BCUT2D eigenvalue weighted by Gasteiger charge is 2.31. The Morgan fingerprint density at radius 3 is 2.50 bits per heavy atom. The van der Waals surface area contributed by atoms with Crippen LogP contribution >= 0.6 is 15.9 Å². The Hall–Kier alpha value is -0.850. The summed E-state index contributed by atoms with van der Waals surface area (Å²) in [5.74, 6) is -0.586. The van der Waals surface area contributed by atoms with Gasteiger partial charge in [-0.25, -0.2) is 4.98 Å². The van der Waals surface area contributed by atoms with Crippen LogP contribution in [0.3, 0.4) is 0 Å². The highest BCUT2D eigenvalue weighted by Crippen LogP contribution is 2.20. The van der Waals surface area contributed by atoms with E-state index in [0.29, 0.717) is 0 Å². The van der Waals surface area contributed by atoms with Crippen molar-refractivity contribution >= 4 is 15.9 Å². The zero-order valence-corrected chi connectivity index (χ0v) is 7.06. The van der Waals surface area contributed by atoms with E-state index in [1.54, 1.807) is 0 Å². The normalized spacial score (nSPS) is 11.3. The number of aromatic nitrogens is 2. The minimum Gasteiger partial charge on any atom is -0.386 e. The first-order valence-corrected chi connectivity index (χ1v) is 3.50. The van der Waals surface area contributed by atoms with Crippen molar-refractivity contribution in [2.75, 3.05) is 0 Å². The molecule has 12 heavy (non-hydrogen) atoms. The van der Waals surface area contributed by atoms with E-state index in [9.17, 15) is 13.2 Å². The van der Waals surface area contributed by atoms with E-state index in [1.165, 1.54) is 6.20 Å². The third-order valence-electron chi connectivity index (χ3n) is 0.803. The second-order valence-electron chi connectivity index (χ2n) is 1.73. The van der Waals surface area contributed by atoms with E-state index < -0.39 is 12.2 Å². The summed E-state index contributed by atoms with van der Waals surface area (Å²) in [5.41, 5.74) is 0. The van der Waals surface area contributed by atoms with Gasteiger partial charge in [0.05, 0.1) is 12.4 Å². The first kappa shape index (κ1) is 9.24. The Labute approximate surface area is 73.7 Å². The maximum Gasteiger partial charge on any atom is 0.574 e. The fourth-order valence-corrected chi connectivity index (χ4v) is 0.786. The number of ether oxygens (including phenoxy) is 1. The molecule has 1 aromatic rings. The molecular weight excluding hydrogens is 241 g/mol. The molecule has 0 N–H and O–H groups in total. The van der Waals surface area contributed by atoms with Crippen molar-refractivity contribution in [3.63, 3.8) is 0 Å². The van der Waals surface area contributed by atoms with Gasteiger partial charge >= 0.3 is 6.36 Å². The van der Waals surface area contributed by atoms with Crippen LogP contribution in [0, 0.1) is 0 Å². The molecule has 7 heteroatoms. The Morgan fingerprint density at radius 2 is 2.00 bits per heavy atom. The summed E-state index contributed by atoms with van der Waals surface area (Å²) in [4.78, 5) is 6.80. The molecule has 66 valence electrons. The van der Waals surface area contributed by atoms with E-state index in [1.807, 2.05) is 0 Å². The Kier molecular flexibility index (Phi) is 2.51. The minimum atomic E-state index is -4.73. The number of hydrogen-bond acceptors (Lipinski definition) is 3. The molecule has 0 saturated carbocycles. The molecule has 0 unspecified atom stereocenters. The van der Waals surface area contributed by atoms with Gasteiger partial charge in [0, 0.05) is 0 Å². The van der Waals surface area contributed by atoms with Gasteiger partial charge < -0.3 is 4.74 Å². The van der Waals surface area contributed by atoms with E-state index in [0.717, 1.165) is 6.20 Å². The Morgan fingerprint density at radius 1 is 1.33 bits per heavy atom. The molecule has 0 bridgehead atoms. The molecule has 0 amide bonds. The first-order valence-electron chi connectivity index (χ1n) is 2.71. The number of nitrogens with zero attached hydrogens (tertiary/aromatic N) is 2. The minimum absolute atomic E-state index is 0.184. The van der Waals surface area contributed by atoms with E-state index in [2.05, 4.69) is 30.6 Å². The number of alkyl halides is 3. The monoisotopic (exact) mass is 242 g/mol. The Balaban J connectivity index is 2.77. The van der Waals surface area contributed by atoms with Gasteiger partial charge in [-0.2, -0.15) is 0 Å². The molecule has 0 saturated heterocycles. The van der Waals surface area contributed by atoms with Gasteiger partial charge in [0.1, 0.15) is 4.60 Å². The predicted molar refractivity (Wildman–Crippen MR) is 36.4 cm³/mol. The van der Waals surface area contributed by atoms with Crippen molar-refractivity contribution in [3.05, 3.63) is 17.0 Å². The van der Waals surface area contributed by atoms with Gasteiger partial charge in [0.25, 0.3) is 0 Å². The van der Waals surface area contributed by atoms with Crippen LogP contribution < -0.4 is 4.74 Å². The molecule has 1 heterocycles. The lowest BCUT2D eigenvalue weighted by atomic mass is 10.7. The van der Waals surface area contributed by atoms with Crippen LogP contribution in [0.5, 0.6) is 5.88 Å². The topological polar surface area (TPSA) is 35.0 Å². The van der Waals surface area contributed by atoms with Gasteiger partial charge in [-0.1, -0.05) is 0 Å². The SMILES string of the molecule is FC(F)(F)Oc1cncc(Br)n1. The predicted octanol–water partition coefficient (Wildman–Crippen LogP) is 2.14. The maximum atomic E-state index is 11.6. The van der Waals surface area contributed by atoms with E-state index in [-0.39, 0.29) is 4.60 Å². The highest BCUT2D eigenvalue weighted by molar-refractivity contribution is 9.10. The number of halogens is 4. The second kappa shape index (κ2) is 3.26. The van der Waals surface area contributed by atoms with Gasteiger partial charge in [0.15, 0.2) is 0 Å². The third kappa shape index (κ3) is 3.04. The molecule has 3 nitrogen and oxygen atoms in total. The second-order valence-corrected chi connectivity index (χ2v) is 2.54. The molecule has 0 spiro atoms. The van der Waals surface area contributed by atoms with Crippen LogP contribution in [0.2, 0.25) is 0 Å². The maximum absolute atomic E-state index is 11.6. The molecule has 1 aromatic heterocycles. The third-order valence-corrected chi connectivity index (χ3v) is 1.19. The van der Waals surface area contributed by atoms with Crippen molar-refractivity contribution < 1.29 is 17.9 Å². The lowest BCUT2D eigenvalue weighted by Crippen LogP contribution is -2.18. The van der Waals surface area contributed by atoms with E-state index >= 15 is 0 Å². The zero-order chi connectivity index (χ0) is 9.19. The lowest BCUT2D eigenvalue weighted by molar-refractivity contribution is -0.276. The van der Waals surface area contributed by atoms with Crippen molar-refractivity contribution in [1.29, 1.82) is 0 Å². The fraction of sp³-hybridized carbons (Fsp3) is 0.200. The average Bonchev–Trinajstić information content (AvgIpc) is 1.82. The van der Waals surface area contributed by atoms with Gasteiger partial charge in [-0.05, 0) is 15.9 Å². The largest absolute Gasteiger partial charge is 0.574 e. The summed E-state index contributed by atoms with van der Waals surface area (Å²) in [6.07, 6.45) is -2.60. The van der Waals surface area contributed by atoms with Crippen LogP contribution in [0.15, 0.2) is 17.0 Å². The summed E-state index contributed by atoms with van der Waals surface area (Å²) in [6.45, 7) is 0.